The van der Waals surface area contributed by atoms with Gasteiger partial charge in [-0.05, 0) is 26.8 Å². The fourth-order valence-electron chi connectivity index (χ4n) is 2.37. The molecular formula is C13H18N2O3. The van der Waals surface area contributed by atoms with Crippen molar-refractivity contribution >= 4 is 5.91 Å². The summed E-state index contributed by atoms with van der Waals surface area (Å²) in [6, 6.07) is 2.95. The summed E-state index contributed by atoms with van der Waals surface area (Å²) in [4.78, 5) is 27.8. The molecule has 0 aliphatic carbocycles. The van der Waals surface area contributed by atoms with E-state index >= 15 is 0 Å². The third kappa shape index (κ3) is 2.79. The van der Waals surface area contributed by atoms with Gasteiger partial charge in [-0.3, -0.25) is 9.59 Å². The maximum absolute atomic E-state index is 12.3. The Morgan fingerprint density at radius 1 is 1.56 bits per heavy atom. The number of aromatic nitrogens is 1. The van der Waals surface area contributed by atoms with E-state index in [1.165, 1.54) is 12.3 Å². The highest BCUT2D eigenvalue weighted by Crippen LogP contribution is 2.21. The first-order valence-corrected chi connectivity index (χ1v) is 6.03. The molecule has 1 aliphatic heterocycles. The van der Waals surface area contributed by atoms with Gasteiger partial charge in [0.05, 0.1) is 11.7 Å². The Labute approximate surface area is 106 Å². The Hall–Kier alpha value is -1.62. The molecule has 1 aromatic rings. The van der Waals surface area contributed by atoms with E-state index in [2.05, 4.69) is 4.98 Å². The first-order chi connectivity index (χ1) is 8.37. The number of aromatic amines is 1. The number of hydrogen-bond donors (Lipinski definition) is 1. The van der Waals surface area contributed by atoms with Crippen LogP contribution in [0.2, 0.25) is 0 Å². The molecule has 98 valence electrons. The number of nitrogens with zero attached hydrogens (tertiary/aromatic N) is 1. The van der Waals surface area contributed by atoms with Crippen molar-refractivity contribution in [2.24, 2.45) is 0 Å². The minimum atomic E-state index is -0.353. The summed E-state index contributed by atoms with van der Waals surface area (Å²) in [6.45, 7) is 6.94. The van der Waals surface area contributed by atoms with E-state index in [9.17, 15) is 9.59 Å². The third-order valence-electron chi connectivity index (χ3n) is 2.88. The van der Waals surface area contributed by atoms with Crippen LogP contribution in [0.4, 0.5) is 0 Å². The van der Waals surface area contributed by atoms with Crippen LogP contribution < -0.4 is 5.56 Å². The lowest BCUT2D eigenvalue weighted by Gasteiger charge is -2.41. The van der Waals surface area contributed by atoms with Gasteiger partial charge in [-0.15, -0.1) is 0 Å². The molecule has 2 rings (SSSR count). The van der Waals surface area contributed by atoms with E-state index in [1.54, 1.807) is 11.0 Å². The number of rotatable bonds is 1. The van der Waals surface area contributed by atoms with E-state index in [4.69, 9.17) is 4.74 Å². The van der Waals surface area contributed by atoms with Crippen molar-refractivity contribution in [3.8, 4) is 0 Å². The van der Waals surface area contributed by atoms with Gasteiger partial charge in [-0.25, -0.2) is 0 Å². The molecule has 0 aromatic carbocycles. The summed E-state index contributed by atoms with van der Waals surface area (Å²) < 4.78 is 5.75. The molecule has 1 atom stereocenters. The van der Waals surface area contributed by atoms with Crippen LogP contribution in [0.25, 0.3) is 0 Å². The highest BCUT2D eigenvalue weighted by molar-refractivity contribution is 5.94. The van der Waals surface area contributed by atoms with E-state index in [0.29, 0.717) is 18.7 Å². The molecule has 0 radical (unpaired) electrons. The molecule has 1 aromatic heterocycles. The summed E-state index contributed by atoms with van der Waals surface area (Å²) in [6.07, 6.45) is 1.49. The molecule has 5 nitrogen and oxygen atoms in total. The Bertz CT molecular complexity index is 507. The molecule has 18 heavy (non-hydrogen) atoms. The third-order valence-corrected chi connectivity index (χ3v) is 2.88. The predicted octanol–water partition coefficient (Wildman–Crippen LogP) is 1.01. The molecule has 1 fully saturated rings. The maximum atomic E-state index is 12.3. The van der Waals surface area contributed by atoms with Crippen molar-refractivity contribution in [3.63, 3.8) is 0 Å². The Morgan fingerprint density at radius 2 is 2.28 bits per heavy atom. The zero-order valence-corrected chi connectivity index (χ0v) is 10.9. The number of nitrogens with one attached hydrogen (secondary N) is 1. The number of morpholine rings is 1. The molecule has 5 heteroatoms. The minimum Gasteiger partial charge on any atom is -0.369 e. The quantitative estimate of drug-likeness (QED) is 0.809. The largest absolute Gasteiger partial charge is 0.369 e. The van der Waals surface area contributed by atoms with Crippen molar-refractivity contribution in [1.29, 1.82) is 0 Å². The first kappa shape index (κ1) is 12.8. The number of carbonyl (C=O) groups excluding carboxylic acids is 1. The molecule has 2 heterocycles. The molecule has 1 saturated heterocycles. The van der Waals surface area contributed by atoms with E-state index in [-0.39, 0.29) is 23.2 Å². The van der Waals surface area contributed by atoms with Crippen LogP contribution in [0.5, 0.6) is 0 Å². The molecule has 1 amide bonds. The summed E-state index contributed by atoms with van der Waals surface area (Å²) in [5.41, 5.74) is -0.195. The van der Waals surface area contributed by atoms with Gasteiger partial charge in [-0.1, -0.05) is 0 Å². The van der Waals surface area contributed by atoms with Crippen LogP contribution in [0, 0.1) is 0 Å². The smallest absolute Gasteiger partial charge is 0.254 e. The highest BCUT2D eigenvalue weighted by Gasteiger charge is 2.33. The average Bonchev–Trinajstić information content (AvgIpc) is 2.25. The van der Waals surface area contributed by atoms with Gasteiger partial charge in [0.25, 0.3) is 5.91 Å². The number of carbonyl (C=O) groups is 1. The number of hydrogen-bond acceptors (Lipinski definition) is 3. The Kier molecular flexibility index (Phi) is 3.26. The Morgan fingerprint density at radius 3 is 2.89 bits per heavy atom. The van der Waals surface area contributed by atoms with E-state index in [0.717, 1.165) is 0 Å². The number of pyridine rings is 1. The molecule has 1 unspecified atom stereocenters. The summed E-state index contributed by atoms with van der Waals surface area (Å²) in [5.74, 6) is -0.121. The zero-order chi connectivity index (χ0) is 13.3. The molecular weight excluding hydrogens is 232 g/mol. The van der Waals surface area contributed by atoms with Crippen LogP contribution in [-0.2, 0) is 4.74 Å². The van der Waals surface area contributed by atoms with Crippen LogP contribution in [0.1, 0.15) is 31.1 Å². The molecule has 0 spiro atoms. The number of ether oxygens (including phenoxy) is 1. The fraction of sp³-hybridized carbons (Fsp3) is 0.538. The highest BCUT2D eigenvalue weighted by atomic mass is 16.5. The number of H-pyrrole nitrogens is 1. The van der Waals surface area contributed by atoms with Gasteiger partial charge in [-0.2, -0.15) is 0 Å². The summed E-state index contributed by atoms with van der Waals surface area (Å²) >= 11 is 0. The second-order valence-electron chi connectivity index (χ2n) is 5.32. The monoisotopic (exact) mass is 250 g/mol. The van der Waals surface area contributed by atoms with Gasteiger partial charge in [0, 0.05) is 30.9 Å². The van der Waals surface area contributed by atoms with Crippen LogP contribution in [0.15, 0.2) is 23.1 Å². The fourth-order valence-corrected chi connectivity index (χ4v) is 2.37. The lowest BCUT2D eigenvalue weighted by molar-refractivity contribution is -0.118. The van der Waals surface area contributed by atoms with Crippen molar-refractivity contribution in [3.05, 3.63) is 34.2 Å². The summed E-state index contributed by atoms with van der Waals surface area (Å²) in [7, 11) is 0. The van der Waals surface area contributed by atoms with Crippen LogP contribution in [-0.4, -0.2) is 40.6 Å². The van der Waals surface area contributed by atoms with Crippen molar-refractivity contribution in [2.75, 3.05) is 13.1 Å². The molecule has 0 bridgehead atoms. The van der Waals surface area contributed by atoms with E-state index in [1.807, 2.05) is 20.8 Å². The van der Waals surface area contributed by atoms with Gasteiger partial charge < -0.3 is 14.6 Å². The lowest BCUT2D eigenvalue weighted by Crippen LogP contribution is -2.53. The topological polar surface area (TPSA) is 62.4 Å². The maximum Gasteiger partial charge on any atom is 0.254 e. The SMILES string of the molecule is CC1CN(C(=O)c2cc[nH]c(=O)c2)CC(C)(C)O1. The van der Waals surface area contributed by atoms with Crippen molar-refractivity contribution in [2.45, 2.75) is 32.5 Å². The van der Waals surface area contributed by atoms with E-state index < -0.39 is 0 Å². The van der Waals surface area contributed by atoms with Gasteiger partial charge in [0.15, 0.2) is 0 Å². The molecule has 0 saturated carbocycles. The van der Waals surface area contributed by atoms with Gasteiger partial charge in [0.2, 0.25) is 5.56 Å². The normalized spacial score (nSPS) is 22.8. The van der Waals surface area contributed by atoms with Crippen molar-refractivity contribution in [1.82, 2.24) is 9.88 Å². The molecule has 1 aliphatic rings. The molecule has 1 N–H and O–H groups in total. The Balaban J connectivity index is 2.21. The van der Waals surface area contributed by atoms with Gasteiger partial charge >= 0.3 is 0 Å². The van der Waals surface area contributed by atoms with Crippen LogP contribution in [0.3, 0.4) is 0 Å². The average molecular weight is 250 g/mol. The first-order valence-electron chi connectivity index (χ1n) is 6.03. The van der Waals surface area contributed by atoms with Gasteiger partial charge in [0.1, 0.15) is 0 Å². The standard InChI is InChI=1S/C13H18N2O3/c1-9-7-15(8-13(2,3)18-9)12(17)10-4-5-14-11(16)6-10/h4-6,9H,7-8H2,1-3H3,(H,14,16). The summed E-state index contributed by atoms with van der Waals surface area (Å²) in [5, 5.41) is 0. The van der Waals surface area contributed by atoms with Crippen LogP contribution >= 0.6 is 0 Å². The lowest BCUT2D eigenvalue weighted by atomic mass is 10.0. The minimum absolute atomic E-state index is 0.000281. The second-order valence-corrected chi connectivity index (χ2v) is 5.32. The second kappa shape index (κ2) is 4.57. The predicted molar refractivity (Wildman–Crippen MR) is 67.6 cm³/mol. The van der Waals surface area contributed by atoms with Crippen molar-refractivity contribution < 1.29 is 9.53 Å². The number of amides is 1. The zero-order valence-electron chi connectivity index (χ0n) is 10.9.